The Labute approximate surface area is 113 Å². The molecular weight excluding hydrogens is 302 g/mol. The topological polar surface area (TPSA) is 71.7 Å². The zero-order chi connectivity index (χ0) is 13.1. The van der Waals surface area contributed by atoms with Gasteiger partial charge in [-0.05, 0) is 34.7 Å². The molecule has 0 unspecified atom stereocenters. The molecule has 5 nitrogen and oxygen atoms in total. The van der Waals surface area contributed by atoms with Crippen molar-refractivity contribution in [2.45, 2.75) is 25.7 Å². The van der Waals surface area contributed by atoms with E-state index in [9.17, 15) is 4.79 Å². The molecule has 0 saturated carbocycles. The Balaban J connectivity index is 2.20. The maximum absolute atomic E-state index is 11.7. The van der Waals surface area contributed by atoms with Gasteiger partial charge in [-0.25, -0.2) is 0 Å². The molecule has 1 saturated heterocycles. The minimum Gasteiger partial charge on any atom is -0.381 e. The Morgan fingerprint density at radius 3 is 2.67 bits per heavy atom. The van der Waals surface area contributed by atoms with E-state index in [-0.39, 0.29) is 11.0 Å². The molecule has 0 atom stereocenters. The third kappa shape index (κ3) is 3.20. The van der Waals surface area contributed by atoms with Crippen LogP contribution in [0.4, 0.5) is 0 Å². The van der Waals surface area contributed by atoms with Crippen LogP contribution in [0.2, 0.25) is 0 Å². The lowest BCUT2D eigenvalue weighted by molar-refractivity contribution is -0.0438. The summed E-state index contributed by atoms with van der Waals surface area (Å²) in [6, 6.07) is 0. The Hall–Kier alpha value is -0.690. The maximum atomic E-state index is 11.7. The molecule has 1 aromatic rings. The second-order valence-corrected chi connectivity index (χ2v) is 5.37. The number of nitrogens with zero attached hydrogens (tertiary/aromatic N) is 1. The summed E-state index contributed by atoms with van der Waals surface area (Å²) < 4.78 is 7.47. The van der Waals surface area contributed by atoms with Gasteiger partial charge in [0.1, 0.15) is 0 Å². The van der Waals surface area contributed by atoms with E-state index in [0.717, 1.165) is 32.6 Å². The van der Waals surface area contributed by atoms with Crippen molar-refractivity contribution in [1.29, 1.82) is 0 Å². The number of aliphatic hydroxyl groups is 2. The smallest absolute Gasteiger partial charge is 0.203 e. The van der Waals surface area contributed by atoms with Gasteiger partial charge in [-0.2, -0.15) is 0 Å². The number of hydrogen-bond acceptors (Lipinski definition) is 4. The van der Waals surface area contributed by atoms with Crippen molar-refractivity contribution in [2.75, 3.05) is 13.2 Å². The number of halogens is 1. The van der Waals surface area contributed by atoms with Crippen molar-refractivity contribution < 1.29 is 14.9 Å². The first kappa shape index (κ1) is 13.7. The molecule has 1 aliphatic heterocycles. The molecule has 0 aliphatic carbocycles. The standard InChI is InChI=1S/C12H16BrNO4/c13-10-7-14(5-8-1-3-18-4-2-8)6-9(11(10)15)12(16)17/h6-8,12,16-17H,1-5H2. The highest BCUT2D eigenvalue weighted by Gasteiger charge is 2.16. The second kappa shape index (κ2) is 5.97. The summed E-state index contributed by atoms with van der Waals surface area (Å²) in [6.45, 7) is 2.28. The number of hydrogen-bond donors (Lipinski definition) is 2. The van der Waals surface area contributed by atoms with Gasteiger partial charge in [-0.1, -0.05) is 0 Å². The zero-order valence-electron chi connectivity index (χ0n) is 9.88. The summed E-state index contributed by atoms with van der Waals surface area (Å²) in [6.07, 6.45) is 3.43. The largest absolute Gasteiger partial charge is 0.381 e. The molecule has 0 spiro atoms. The molecule has 2 heterocycles. The van der Waals surface area contributed by atoms with Gasteiger partial charge in [0.05, 0.1) is 10.0 Å². The van der Waals surface area contributed by atoms with Crippen LogP contribution in [0, 0.1) is 5.92 Å². The summed E-state index contributed by atoms with van der Waals surface area (Å²) >= 11 is 3.15. The molecular formula is C12H16BrNO4. The maximum Gasteiger partial charge on any atom is 0.203 e. The molecule has 2 rings (SSSR count). The van der Waals surface area contributed by atoms with E-state index in [0.29, 0.717) is 10.4 Å². The number of pyridine rings is 1. The predicted octanol–water partition coefficient (Wildman–Crippen LogP) is 1.02. The Morgan fingerprint density at radius 2 is 2.06 bits per heavy atom. The third-order valence-corrected chi connectivity index (χ3v) is 3.72. The van der Waals surface area contributed by atoms with Crippen LogP contribution in [0.3, 0.4) is 0 Å². The minimum atomic E-state index is -1.74. The second-order valence-electron chi connectivity index (χ2n) is 4.52. The van der Waals surface area contributed by atoms with Crippen molar-refractivity contribution in [3.63, 3.8) is 0 Å². The van der Waals surface area contributed by atoms with E-state index in [4.69, 9.17) is 14.9 Å². The first-order chi connectivity index (χ1) is 8.58. The van der Waals surface area contributed by atoms with Crippen LogP contribution in [0.25, 0.3) is 0 Å². The SMILES string of the molecule is O=c1c(Br)cn(CC2CCOCC2)cc1C(O)O. The van der Waals surface area contributed by atoms with Gasteiger partial charge in [-0.15, -0.1) is 0 Å². The first-order valence-electron chi connectivity index (χ1n) is 5.91. The van der Waals surface area contributed by atoms with Crippen molar-refractivity contribution in [1.82, 2.24) is 4.57 Å². The average Bonchev–Trinajstić information content (AvgIpc) is 2.34. The van der Waals surface area contributed by atoms with Gasteiger partial charge in [-0.3, -0.25) is 4.79 Å². The van der Waals surface area contributed by atoms with Gasteiger partial charge in [0.15, 0.2) is 6.29 Å². The first-order valence-corrected chi connectivity index (χ1v) is 6.70. The lowest BCUT2D eigenvalue weighted by atomic mass is 10.0. The van der Waals surface area contributed by atoms with Gasteiger partial charge < -0.3 is 19.5 Å². The highest BCUT2D eigenvalue weighted by molar-refractivity contribution is 9.10. The highest BCUT2D eigenvalue weighted by Crippen LogP contribution is 2.18. The molecule has 1 fully saturated rings. The molecule has 0 amide bonds. The fourth-order valence-corrected chi connectivity index (χ4v) is 2.63. The molecule has 1 aromatic heterocycles. The van der Waals surface area contributed by atoms with Crippen LogP contribution >= 0.6 is 15.9 Å². The Bertz CT molecular complexity index is 466. The molecule has 18 heavy (non-hydrogen) atoms. The summed E-state index contributed by atoms with van der Waals surface area (Å²) in [4.78, 5) is 11.7. The van der Waals surface area contributed by atoms with Crippen LogP contribution in [-0.4, -0.2) is 28.0 Å². The minimum absolute atomic E-state index is 0.00330. The molecule has 0 bridgehead atoms. The van der Waals surface area contributed by atoms with Crippen molar-refractivity contribution in [2.24, 2.45) is 5.92 Å². The van der Waals surface area contributed by atoms with Crippen molar-refractivity contribution in [3.05, 3.63) is 32.7 Å². The summed E-state index contributed by atoms with van der Waals surface area (Å²) in [7, 11) is 0. The number of aromatic nitrogens is 1. The summed E-state index contributed by atoms with van der Waals surface area (Å²) in [5.74, 6) is 0.497. The number of aliphatic hydroxyl groups excluding tert-OH is 1. The van der Waals surface area contributed by atoms with Crippen LogP contribution < -0.4 is 5.43 Å². The van der Waals surface area contributed by atoms with Crippen LogP contribution in [0.1, 0.15) is 24.7 Å². The number of rotatable bonds is 3. The normalized spacial score (nSPS) is 17.3. The van der Waals surface area contributed by atoms with E-state index >= 15 is 0 Å². The van der Waals surface area contributed by atoms with E-state index in [2.05, 4.69) is 15.9 Å². The monoisotopic (exact) mass is 317 g/mol. The molecule has 0 aromatic carbocycles. The molecule has 2 N–H and O–H groups in total. The van der Waals surface area contributed by atoms with E-state index in [1.165, 1.54) is 6.20 Å². The summed E-state index contributed by atoms with van der Waals surface area (Å²) in [5, 5.41) is 18.3. The fourth-order valence-electron chi connectivity index (χ4n) is 2.13. The van der Waals surface area contributed by atoms with E-state index in [1.54, 1.807) is 6.20 Å². The van der Waals surface area contributed by atoms with Gasteiger partial charge >= 0.3 is 0 Å². The summed E-state index contributed by atoms with van der Waals surface area (Å²) in [5.41, 5.74) is -0.385. The van der Waals surface area contributed by atoms with Crippen LogP contribution in [0.5, 0.6) is 0 Å². The highest BCUT2D eigenvalue weighted by atomic mass is 79.9. The van der Waals surface area contributed by atoms with Crippen molar-refractivity contribution >= 4 is 15.9 Å². The Kier molecular flexibility index (Phi) is 4.55. The van der Waals surface area contributed by atoms with Gasteiger partial charge in [0, 0.05) is 32.2 Å². The van der Waals surface area contributed by atoms with Gasteiger partial charge in [0.2, 0.25) is 5.43 Å². The lowest BCUT2D eigenvalue weighted by Crippen LogP contribution is -2.23. The predicted molar refractivity (Wildman–Crippen MR) is 69.1 cm³/mol. The fraction of sp³-hybridized carbons (Fsp3) is 0.583. The molecule has 100 valence electrons. The van der Waals surface area contributed by atoms with Crippen LogP contribution in [0.15, 0.2) is 21.7 Å². The third-order valence-electron chi connectivity index (χ3n) is 3.15. The zero-order valence-corrected chi connectivity index (χ0v) is 11.5. The molecule has 0 radical (unpaired) electrons. The molecule has 6 heteroatoms. The van der Waals surface area contributed by atoms with Crippen molar-refractivity contribution in [3.8, 4) is 0 Å². The van der Waals surface area contributed by atoms with Gasteiger partial charge in [0.25, 0.3) is 0 Å². The quantitative estimate of drug-likeness (QED) is 0.817. The lowest BCUT2D eigenvalue weighted by Gasteiger charge is -2.23. The average molecular weight is 318 g/mol. The number of ether oxygens (including phenoxy) is 1. The van der Waals surface area contributed by atoms with E-state index in [1.807, 2.05) is 4.57 Å². The Morgan fingerprint density at radius 1 is 1.39 bits per heavy atom. The molecule has 1 aliphatic rings. The van der Waals surface area contributed by atoms with Crippen LogP contribution in [-0.2, 0) is 11.3 Å². The van der Waals surface area contributed by atoms with E-state index < -0.39 is 6.29 Å².